The summed E-state index contributed by atoms with van der Waals surface area (Å²) in [6.07, 6.45) is 1.48. The molecule has 0 bridgehead atoms. The number of para-hydroxylation sites is 1. The van der Waals surface area contributed by atoms with Gasteiger partial charge < -0.3 is 5.32 Å². The number of benzene rings is 1. The second-order valence-corrected chi connectivity index (χ2v) is 6.50. The van der Waals surface area contributed by atoms with Gasteiger partial charge in [-0.2, -0.15) is 4.98 Å². The number of aromatic nitrogens is 2. The average molecular weight is 314 g/mol. The van der Waals surface area contributed by atoms with E-state index in [2.05, 4.69) is 35.2 Å². The quantitative estimate of drug-likeness (QED) is 0.634. The molecule has 100 valence electrons. The molecule has 1 N–H and O–H groups in total. The molecule has 0 saturated carbocycles. The van der Waals surface area contributed by atoms with Crippen LogP contribution in [0, 0.1) is 0 Å². The summed E-state index contributed by atoms with van der Waals surface area (Å²) < 4.78 is 0. The zero-order chi connectivity index (χ0) is 13.8. The second kappa shape index (κ2) is 6.46. The van der Waals surface area contributed by atoms with E-state index in [1.54, 1.807) is 11.8 Å². The first-order valence-electron chi connectivity index (χ1n) is 5.77. The minimum Gasteiger partial charge on any atom is -0.323 e. The number of halogens is 2. The third kappa shape index (κ3) is 4.00. The van der Waals surface area contributed by atoms with Crippen molar-refractivity contribution in [2.45, 2.75) is 24.0 Å². The topological polar surface area (TPSA) is 37.8 Å². The lowest BCUT2D eigenvalue weighted by Gasteiger charge is -2.12. The number of rotatable bonds is 4. The van der Waals surface area contributed by atoms with Crippen LogP contribution in [-0.2, 0) is 0 Å². The maximum atomic E-state index is 5.88. The molecule has 0 saturated heterocycles. The molecule has 1 heterocycles. The molecule has 1 aromatic carbocycles. The van der Waals surface area contributed by atoms with Crippen LogP contribution in [0.25, 0.3) is 0 Å². The van der Waals surface area contributed by atoms with Gasteiger partial charge in [-0.05, 0) is 12.1 Å². The Morgan fingerprint density at radius 2 is 1.95 bits per heavy atom. The molecular formula is C13H13Cl2N3S. The van der Waals surface area contributed by atoms with Gasteiger partial charge in [0.25, 0.3) is 0 Å². The van der Waals surface area contributed by atoms with Crippen LogP contribution in [-0.4, -0.2) is 15.2 Å². The molecule has 2 rings (SSSR count). The average Bonchev–Trinajstić information content (AvgIpc) is 2.36. The molecule has 1 aromatic heterocycles. The minimum absolute atomic E-state index is 0.244. The van der Waals surface area contributed by atoms with Gasteiger partial charge in [-0.3, -0.25) is 0 Å². The summed E-state index contributed by atoms with van der Waals surface area (Å²) in [6, 6.07) is 8.01. The largest absolute Gasteiger partial charge is 0.323 e. The van der Waals surface area contributed by atoms with Crippen LogP contribution in [0.2, 0.25) is 10.2 Å². The molecular weight excluding hydrogens is 301 g/mol. The maximum Gasteiger partial charge on any atom is 0.228 e. The highest BCUT2D eigenvalue weighted by atomic mass is 35.5. The first-order valence-corrected chi connectivity index (χ1v) is 7.40. The fourth-order valence-corrected chi connectivity index (χ4v) is 2.58. The molecule has 0 aliphatic heterocycles. The molecule has 0 spiro atoms. The number of hydrogen-bond acceptors (Lipinski definition) is 4. The van der Waals surface area contributed by atoms with Gasteiger partial charge in [-0.1, -0.05) is 49.2 Å². The Balaban J connectivity index is 2.25. The van der Waals surface area contributed by atoms with E-state index in [0.717, 1.165) is 10.6 Å². The summed E-state index contributed by atoms with van der Waals surface area (Å²) in [7, 11) is 0. The Morgan fingerprint density at radius 3 is 2.63 bits per heavy atom. The number of nitrogens with zero attached hydrogens (tertiary/aromatic N) is 2. The first kappa shape index (κ1) is 14.4. The second-order valence-electron chi connectivity index (χ2n) is 4.12. The Labute approximate surface area is 126 Å². The first-order chi connectivity index (χ1) is 9.06. The lowest BCUT2D eigenvalue weighted by molar-refractivity contribution is 1.11. The maximum absolute atomic E-state index is 5.88. The van der Waals surface area contributed by atoms with Crippen molar-refractivity contribution in [1.29, 1.82) is 0 Å². The SMILES string of the molecule is CC(C)Sc1ccccc1Nc1ncc(Cl)c(Cl)n1. The monoisotopic (exact) mass is 313 g/mol. The Kier molecular flexibility index (Phi) is 4.91. The fourth-order valence-electron chi connectivity index (χ4n) is 1.45. The van der Waals surface area contributed by atoms with Crippen molar-refractivity contribution >= 4 is 46.6 Å². The van der Waals surface area contributed by atoms with E-state index in [9.17, 15) is 0 Å². The van der Waals surface area contributed by atoms with Crippen LogP contribution >= 0.6 is 35.0 Å². The zero-order valence-electron chi connectivity index (χ0n) is 10.5. The van der Waals surface area contributed by atoms with Crippen molar-refractivity contribution in [2.24, 2.45) is 0 Å². The number of thioether (sulfide) groups is 1. The third-order valence-electron chi connectivity index (χ3n) is 2.20. The van der Waals surface area contributed by atoms with E-state index in [1.807, 2.05) is 18.2 Å². The summed E-state index contributed by atoms with van der Waals surface area (Å²) >= 11 is 13.4. The molecule has 0 radical (unpaired) electrons. The van der Waals surface area contributed by atoms with Gasteiger partial charge in [0.1, 0.15) is 0 Å². The normalized spacial score (nSPS) is 10.8. The number of nitrogens with one attached hydrogen (secondary N) is 1. The van der Waals surface area contributed by atoms with Crippen LogP contribution < -0.4 is 5.32 Å². The van der Waals surface area contributed by atoms with Crippen LogP contribution in [0.1, 0.15) is 13.8 Å². The van der Waals surface area contributed by atoms with Gasteiger partial charge in [0.05, 0.1) is 16.9 Å². The summed E-state index contributed by atoms with van der Waals surface area (Å²) in [6.45, 7) is 4.30. The van der Waals surface area contributed by atoms with Crippen molar-refractivity contribution in [3.8, 4) is 0 Å². The summed E-state index contributed by atoms with van der Waals surface area (Å²) in [4.78, 5) is 9.34. The van der Waals surface area contributed by atoms with E-state index in [1.165, 1.54) is 6.20 Å². The van der Waals surface area contributed by atoms with Crippen LogP contribution in [0.5, 0.6) is 0 Å². The summed E-state index contributed by atoms with van der Waals surface area (Å²) in [5.41, 5.74) is 0.958. The number of anilines is 2. The van der Waals surface area contributed by atoms with E-state index in [4.69, 9.17) is 23.2 Å². The van der Waals surface area contributed by atoms with E-state index < -0.39 is 0 Å². The lowest BCUT2D eigenvalue weighted by Crippen LogP contribution is -1.99. The number of hydrogen-bond donors (Lipinski definition) is 1. The van der Waals surface area contributed by atoms with Gasteiger partial charge in [0, 0.05) is 10.1 Å². The van der Waals surface area contributed by atoms with Crippen molar-refractivity contribution < 1.29 is 0 Å². The predicted octanol–water partition coefficient (Wildman–Crippen LogP) is 5.03. The van der Waals surface area contributed by atoms with Gasteiger partial charge in [0.15, 0.2) is 5.15 Å². The van der Waals surface area contributed by atoms with Gasteiger partial charge >= 0.3 is 0 Å². The lowest BCUT2D eigenvalue weighted by atomic mass is 10.3. The van der Waals surface area contributed by atoms with Gasteiger partial charge in [-0.25, -0.2) is 4.98 Å². The molecule has 3 nitrogen and oxygen atoms in total. The van der Waals surface area contributed by atoms with E-state index in [0.29, 0.717) is 16.2 Å². The molecule has 6 heteroatoms. The van der Waals surface area contributed by atoms with E-state index in [-0.39, 0.29) is 5.15 Å². The molecule has 0 amide bonds. The van der Waals surface area contributed by atoms with E-state index >= 15 is 0 Å². The Morgan fingerprint density at radius 1 is 1.21 bits per heavy atom. The smallest absolute Gasteiger partial charge is 0.228 e. The Bertz CT molecular complexity index is 576. The van der Waals surface area contributed by atoms with Gasteiger partial charge in [0.2, 0.25) is 5.95 Å². The molecule has 0 unspecified atom stereocenters. The van der Waals surface area contributed by atoms with Gasteiger partial charge in [-0.15, -0.1) is 11.8 Å². The third-order valence-corrected chi connectivity index (χ3v) is 3.94. The van der Waals surface area contributed by atoms with Crippen molar-refractivity contribution in [2.75, 3.05) is 5.32 Å². The fraction of sp³-hybridized carbons (Fsp3) is 0.231. The standard InChI is InChI=1S/C13H13Cl2N3S/c1-8(2)19-11-6-4-3-5-10(11)17-13-16-7-9(14)12(15)18-13/h3-8H,1-2H3,(H,16,17,18). The summed E-state index contributed by atoms with van der Waals surface area (Å²) in [5, 5.41) is 4.25. The van der Waals surface area contributed by atoms with Crippen molar-refractivity contribution in [3.63, 3.8) is 0 Å². The predicted molar refractivity (Wildman–Crippen MR) is 82.8 cm³/mol. The summed E-state index contributed by atoms with van der Waals surface area (Å²) in [5.74, 6) is 0.436. The van der Waals surface area contributed by atoms with Crippen LogP contribution in [0.4, 0.5) is 11.6 Å². The molecule has 0 aliphatic carbocycles. The van der Waals surface area contributed by atoms with Crippen molar-refractivity contribution in [3.05, 3.63) is 40.6 Å². The highest BCUT2D eigenvalue weighted by Gasteiger charge is 2.08. The highest BCUT2D eigenvalue weighted by Crippen LogP contribution is 2.31. The Hall–Kier alpha value is -0.970. The molecule has 19 heavy (non-hydrogen) atoms. The molecule has 0 atom stereocenters. The molecule has 2 aromatic rings. The van der Waals surface area contributed by atoms with Crippen LogP contribution in [0.3, 0.4) is 0 Å². The minimum atomic E-state index is 0.244. The molecule has 0 fully saturated rings. The molecule has 0 aliphatic rings. The van der Waals surface area contributed by atoms with Crippen LogP contribution in [0.15, 0.2) is 35.4 Å². The zero-order valence-corrected chi connectivity index (χ0v) is 12.9. The van der Waals surface area contributed by atoms with Crippen molar-refractivity contribution in [1.82, 2.24) is 9.97 Å². The highest BCUT2D eigenvalue weighted by molar-refractivity contribution is 8.00.